The van der Waals surface area contributed by atoms with Crippen LogP contribution >= 0.6 is 29.8 Å². The number of benzene rings is 1. The van der Waals surface area contributed by atoms with Crippen molar-refractivity contribution in [3.63, 3.8) is 0 Å². The summed E-state index contributed by atoms with van der Waals surface area (Å²) in [7, 11) is 10.7. The second-order valence-electron chi connectivity index (χ2n) is 4.81. The SMILES string of the molecule is CC(O)(c1cnccn1)C(c1ccccc1)S(C)(Cl)Cl. The molecule has 1 N–H and O–H groups in total. The fourth-order valence-electron chi connectivity index (χ4n) is 2.29. The molecule has 0 aliphatic rings. The first-order valence-electron chi connectivity index (χ1n) is 6.03. The van der Waals surface area contributed by atoms with E-state index in [1.54, 1.807) is 25.6 Å². The molecule has 2 unspecified atom stereocenters. The average Bonchev–Trinajstić information content (AvgIpc) is 2.39. The van der Waals surface area contributed by atoms with Crippen LogP contribution in [0.2, 0.25) is 0 Å². The Hall–Kier alpha value is -0.810. The molecule has 0 radical (unpaired) electrons. The van der Waals surface area contributed by atoms with Gasteiger partial charge >= 0.3 is 0 Å². The van der Waals surface area contributed by atoms with Crippen LogP contribution in [0.25, 0.3) is 0 Å². The number of hydrogen-bond acceptors (Lipinski definition) is 3. The molecule has 1 aromatic carbocycles. The van der Waals surface area contributed by atoms with Crippen LogP contribution in [-0.2, 0) is 5.60 Å². The lowest BCUT2D eigenvalue weighted by Gasteiger charge is -2.40. The van der Waals surface area contributed by atoms with Crippen LogP contribution in [0.1, 0.15) is 23.4 Å². The zero-order valence-corrected chi connectivity index (χ0v) is 13.5. The molecule has 0 saturated carbocycles. The molecule has 2 atom stereocenters. The molecule has 3 nitrogen and oxygen atoms in total. The summed E-state index contributed by atoms with van der Waals surface area (Å²) in [6.45, 7) is 1.67. The number of rotatable bonds is 4. The van der Waals surface area contributed by atoms with Gasteiger partial charge in [0.25, 0.3) is 0 Å². The molecule has 20 heavy (non-hydrogen) atoms. The number of nitrogens with zero attached hydrogens (tertiary/aromatic N) is 2. The van der Waals surface area contributed by atoms with Crippen LogP contribution in [0, 0.1) is 0 Å². The summed E-state index contributed by atoms with van der Waals surface area (Å²) in [5, 5.41) is 10.5. The molecule has 1 aromatic heterocycles. The molecule has 6 heteroatoms. The van der Waals surface area contributed by atoms with Gasteiger partial charge in [-0.15, -0.1) is 0 Å². The van der Waals surface area contributed by atoms with Crippen molar-refractivity contribution < 1.29 is 5.11 Å². The Morgan fingerprint density at radius 1 is 1.20 bits per heavy atom. The van der Waals surface area contributed by atoms with E-state index >= 15 is 0 Å². The van der Waals surface area contributed by atoms with Gasteiger partial charge in [0.15, 0.2) is 0 Å². The number of aliphatic hydroxyl groups is 1. The summed E-state index contributed by atoms with van der Waals surface area (Å²) >= 11 is 0. The fourth-order valence-corrected chi connectivity index (χ4v) is 5.51. The third kappa shape index (κ3) is 3.26. The minimum atomic E-state index is -2.10. The molecule has 0 bridgehead atoms. The Balaban J connectivity index is 2.53. The van der Waals surface area contributed by atoms with E-state index in [4.69, 9.17) is 21.4 Å². The zero-order valence-electron chi connectivity index (χ0n) is 11.2. The summed E-state index contributed by atoms with van der Waals surface area (Å²) in [6.07, 6.45) is 6.39. The standard InChI is InChI=1S/C14H16Cl2N2OS/c1-14(19,12-10-17-8-9-18-12)13(20(2,15)16)11-6-4-3-5-7-11/h3-10,13,19H,1-2H3. The zero-order chi connectivity index (χ0) is 14.8. The van der Waals surface area contributed by atoms with E-state index in [2.05, 4.69) is 9.97 Å². The maximum Gasteiger partial charge on any atom is 0.122 e. The van der Waals surface area contributed by atoms with Crippen molar-refractivity contribution in [2.24, 2.45) is 0 Å². The minimum Gasteiger partial charge on any atom is -0.382 e. The Kier molecular flexibility index (Phi) is 4.59. The predicted molar refractivity (Wildman–Crippen MR) is 86.0 cm³/mol. The first-order chi connectivity index (χ1) is 9.33. The van der Waals surface area contributed by atoms with Crippen LogP contribution in [0.3, 0.4) is 0 Å². The number of aromatic nitrogens is 2. The highest BCUT2D eigenvalue weighted by Crippen LogP contribution is 2.70. The molecule has 1 heterocycles. The van der Waals surface area contributed by atoms with Crippen LogP contribution in [0.15, 0.2) is 48.9 Å². The quantitative estimate of drug-likeness (QED) is 0.915. The van der Waals surface area contributed by atoms with Crippen LogP contribution < -0.4 is 0 Å². The third-order valence-corrected chi connectivity index (χ3v) is 5.74. The van der Waals surface area contributed by atoms with Gasteiger partial charge in [0.2, 0.25) is 0 Å². The predicted octanol–water partition coefficient (Wildman–Crippen LogP) is 4.17. The van der Waals surface area contributed by atoms with Crippen molar-refractivity contribution in [3.8, 4) is 0 Å². The van der Waals surface area contributed by atoms with Gasteiger partial charge in [-0.1, -0.05) is 60.2 Å². The van der Waals surface area contributed by atoms with Gasteiger partial charge in [-0.3, -0.25) is 9.97 Å². The Morgan fingerprint density at radius 2 is 1.85 bits per heavy atom. The lowest BCUT2D eigenvalue weighted by molar-refractivity contribution is 0.0489. The van der Waals surface area contributed by atoms with E-state index in [-0.39, 0.29) is 0 Å². The van der Waals surface area contributed by atoms with E-state index in [0.29, 0.717) is 5.69 Å². The highest BCUT2D eigenvalue weighted by Gasteiger charge is 2.44. The summed E-state index contributed by atoms with van der Waals surface area (Å²) in [5.74, 6) is 0. The van der Waals surface area contributed by atoms with Gasteiger partial charge in [-0.2, -0.15) is 0 Å². The van der Waals surface area contributed by atoms with Crippen molar-refractivity contribution in [2.75, 3.05) is 6.26 Å². The Labute approximate surface area is 129 Å². The number of halogens is 2. The van der Waals surface area contributed by atoms with Crippen molar-refractivity contribution >= 4 is 29.8 Å². The first-order valence-corrected chi connectivity index (χ1v) is 9.79. The monoisotopic (exact) mass is 330 g/mol. The molecule has 108 valence electrons. The molecular weight excluding hydrogens is 315 g/mol. The summed E-state index contributed by atoms with van der Waals surface area (Å²) < 4.78 is 0. The second kappa shape index (κ2) is 5.90. The lowest BCUT2D eigenvalue weighted by atomic mass is 9.93. The first kappa shape index (κ1) is 15.6. The number of hydrogen-bond donors (Lipinski definition) is 1. The van der Waals surface area contributed by atoms with Crippen LogP contribution in [-0.4, -0.2) is 21.3 Å². The van der Waals surface area contributed by atoms with Gasteiger partial charge < -0.3 is 5.11 Å². The molecule has 0 saturated heterocycles. The van der Waals surface area contributed by atoms with Crippen molar-refractivity contribution in [3.05, 3.63) is 60.2 Å². The molecular formula is C14H16Cl2N2OS. The van der Waals surface area contributed by atoms with E-state index in [1.165, 1.54) is 6.20 Å². The van der Waals surface area contributed by atoms with Gasteiger partial charge in [0.1, 0.15) is 5.60 Å². The van der Waals surface area contributed by atoms with Crippen molar-refractivity contribution in [1.29, 1.82) is 0 Å². The van der Waals surface area contributed by atoms with Gasteiger partial charge in [-0.25, -0.2) is 0 Å². The molecule has 0 fully saturated rings. The molecule has 0 aliphatic heterocycles. The lowest BCUT2D eigenvalue weighted by Crippen LogP contribution is -2.32. The van der Waals surface area contributed by atoms with E-state index in [1.807, 2.05) is 30.3 Å². The van der Waals surface area contributed by atoms with E-state index in [0.717, 1.165) is 5.56 Å². The highest BCUT2D eigenvalue weighted by molar-refractivity contribution is 8.65. The van der Waals surface area contributed by atoms with Gasteiger partial charge in [0, 0.05) is 12.4 Å². The maximum absolute atomic E-state index is 11.0. The molecule has 0 amide bonds. The second-order valence-corrected chi connectivity index (χ2v) is 11.2. The molecule has 2 rings (SSSR count). The Bertz CT molecular complexity index is 558. The maximum atomic E-state index is 11.0. The fraction of sp³-hybridized carbons (Fsp3) is 0.286. The van der Waals surface area contributed by atoms with Gasteiger partial charge in [-0.05, 0) is 18.7 Å². The largest absolute Gasteiger partial charge is 0.382 e. The summed E-state index contributed by atoms with van der Waals surface area (Å²) in [6, 6.07) is 9.52. The van der Waals surface area contributed by atoms with Crippen molar-refractivity contribution in [1.82, 2.24) is 9.97 Å². The third-order valence-electron chi connectivity index (χ3n) is 3.11. The minimum absolute atomic E-state index is 0.453. The van der Waals surface area contributed by atoms with E-state index in [9.17, 15) is 5.11 Å². The molecule has 0 spiro atoms. The molecule has 2 aromatic rings. The normalized spacial score (nSPS) is 17.2. The van der Waals surface area contributed by atoms with Crippen molar-refractivity contribution in [2.45, 2.75) is 17.8 Å². The average molecular weight is 331 g/mol. The summed E-state index contributed by atoms with van der Waals surface area (Å²) in [5.41, 5.74) is 0.0305. The van der Waals surface area contributed by atoms with Crippen LogP contribution in [0.5, 0.6) is 0 Å². The molecule has 0 aliphatic carbocycles. The highest BCUT2D eigenvalue weighted by atomic mass is 36.0. The topological polar surface area (TPSA) is 46.0 Å². The van der Waals surface area contributed by atoms with Crippen LogP contribution in [0.4, 0.5) is 0 Å². The Morgan fingerprint density at radius 3 is 2.35 bits per heavy atom. The smallest absolute Gasteiger partial charge is 0.122 e. The van der Waals surface area contributed by atoms with E-state index < -0.39 is 19.3 Å². The van der Waals surface area contributed by atoms with Gasteiger partial charge in [0.05, 0.1) is 17.1 Å². The summed E-state index contributed by atoms with van der Waals surface area (Å²) in [4.78, 5) is 8.20.